The Bertz CT molecular complexity index is 679. The Balaban J connectivity index is 1.92. The van der Waals surface area contributed by atoms with Gasteiger partial charge >= 0.3 is 0 Å². The molecule has 2 unspecified atom stereocenters. The van der Waals surface area contributed by atoms with Crippen LogP contribution in [0, 0.1) is 0 Å². The van der Waals surface area contributed by atoms with Gasteiger partial charge in [0.15, 0.2) is 11.5 Å². The van der Waals surface area contributed by atoms with Crippen molar-refractivity contribution in [2.45, 2.75) is 24.5 Å². The summed E-state index contributed by atoms with van der Waals surface area (Å²) in [6.07, 6.45) is 8.64. The Kier molecular flexibility index (Phi) is 3.06. The number of benzene rings is 1. The standard InChI is InChI=1S/C18H21NO3/c1-21-14-4-3-13-6-8-19-7-5-12-9-16(20)17(22-2)10-15(12)18(13,19)11-14/h3-4,6,9-10,14,20H,5,7-8,11H2,1-2H3. The lowest BCUT2D eigenvalue weighted by atomic mass is 9.71. The summed E-state index contributed by atoms with van der Waals surface area (Å²) < 4.78 is 11.0. The van der Waals surface area contributed by atoms with E-state index in [2.05, 4.69) is 23.1 Å². The molecule has 0 fully saturated rings. The smallest absolute Gasteiger partial charge is 0.160 e. The van der Waals surface area contributed by atoms with E-state index < -0.39 is 0 Å². The number of phenols is 1. The summed E-state index contributed by atoms with van der Waals surface area (Å²) in [7, 11) is 3.37. The van der Waals surface area contributed by atoms with E-state index >= 15 is 0 Å². The summed E-state index contributed by atoms with van der Waals surface area (Å²) in [6.45, 7) is 1.97. The molecule has 2 atom stereocenters. The van der Waals surface area contributed by atoms with Crippen molar-refractivity contribution >= 4 is 0 Å². The minimum absolute atomic E-state index is 0.114. The Hall–Kier alpha value is -1.78. The predicted octanol–water partition coefficient (Wildman–Crippen LogP) is 2.37. The monoisotopic (exact) mass is 299 g/mol. The van der Waals surface area contributed by atoms with Crippen LogP contribution in [0.2, 0.25) is 0 Å². The number of hydrogen-bond donors (Lipinski definition) is 1. The molecule has 0 bridgehead atoms. The largest absolute Gasteiger partial charge is 0.504 e. The molecule has 3 aliphatic rings. The minimum atomic E-state index is -0.135. The summed E-state index contributed by atoms with van der Waals surface area (Å²) in [6, 6.07) is 3.89. The molecule has 4 rings (SSSR count). The topological polar surface area (TPSA) is 41.9 Å². The number of nitrogens with zero attached hydrogens (tertiary/aromatic N) is 1. The molecule has 1 N–H and O–H groups in total. The molecule has 0 saturated carbocycles. The maximum absolute atomic E-state index is 10.1. The molecule has 22 heavy (non-hydrogen) atoms. The highest BCUT2D eigenvalue weighted by Gasteiger charge is 2.50. The van der Waals surface area contributed by atoms with E-state index in [1.54, 1.807) is 14.2 Å². The number of fused-ring (bicyclic) bond motifs is 1. The summed E-state index contributed by atoms with van der Waals surface area (Å²) >= 11 is 0. The summed E-state index contributed by atoms with van der Waals surface area (Å²) in [5.74, 6) is 0.772. The van der Waals surface area contributed by atoms with Crippen molar-refractivity contribution in [1.82, 2.24) is 4.90 Å². The average Bonchev–Trinajstić information content (AvgIpc) is 2.92. The predicted molar refractivity (Wildman–Crippen MR) is 84.3 cm³/mol. The second kappa shape index (κ2) is 4.86. The highest BCUT2D eigenvalue weighted by Crippen LogP contribution is 2.52. The molecule has 4 heteroatoms. The fourth-order valence-corrected chi connectivity index (χ4v) is 4.24. The van der Waals surface area contributed by atoms with Gasteiger partial charge in [0.2, 0.25) is 0 Å². The van der Waals surface area contributed by atoms with Gasteiger partial charge in [0.1, 0.15) is 0 Å². The molecule has 2 aliphatic heterocycles. The van der Waals surface area contributed by atoms with Crippen LogP contribution >= 0.6 is 0 Å². The lowest BCUT2D eigenvalue weighted by molar-refractivity contribution is 0.0513. The Labute approximate surface area is 130 Å². The van der Waals surface area contributed by atoms with Gasteiger partial charge in [0.25, 0.3) is 0 Å². The Morgan fingerprint density at radius 1 is 1.32 bits per heavy atom. The number of rotatable bonds is 2. The van der Waals surface area contributed by atoms with Gasteiger partial charge in [-0.3, -0.25) is 4.90 Å². The van der Waals surface area contributed by atoms with Crippen molar-refractivity contribution in [1.29, 1.82) is 0 Å². The van der Waals surface area contributed by atoms with Gasteiger partial charge in [-0.05, 0) is 35.3 Å². The zero-order chi connectivity index (χ0) is 15.3. The normalized spacial score (nSPS) is 29.5. The van der Waals surface area contributed by atoms with Crippen LogP contribution in [0.4, 0.5) is 0 Å². The SMILES string of the molecule is COc1cc2c(cc1O)CCN1CC=C3C=CC(OC)CC321. The third-order valence-electron chi connectivity index (χ3n) is 5.34. The first-order chi connectivity index (χ1) is 10.7. The fraction of sp³-hybridized carbons (Fsp3) is 0.444. The zero-order valence-corrected chi connectivity index (χ0v) is 13.0. The van der Waals surface area contributed by atoms with Crippen molar-refractivity contribution in [3.05, 3.63) is 47.1 Å². The van der Waals surface area contributed by atoms with Crippen LogP contribution < -0.4 is 4.74 Å². The van der Waals surface area contributed by atoms with E-state index in [4.69, 9.17) is 9.47 Å². The fourth-order valence-electron chi connectivity index (χ4n) is 4.24. The first-order valence-corrected chi connectivity index (χ1v) is 7.76. The van der Waals surface area contributed by atoms with Gasteiger partial charge in [-0.15, -0.1) is 0 Å². The van der Waals surface area contributed by atoms with Gasteiger partial charge in [-0.1, -0.05) is 18.2 Å². The molecule has 1 spiro atoms. The molecule has 1 aromatic carbocycles. The molecule has 0 aromatic heterocycles. The maximum Gasteiger partial charge on any atom is 0.160 e. The number of hydrogen-bond acceptors (Lipinski definition) is 4. The van der Waals surface area contributed by atoms with Gasteiger partial charge in [-0.25, -0.2) is 0 Å². The quantitative estimate of drug-likeness (QED) is 0.910. The molecule has 1 aliphatic carbocycles. The molecular weight excluding hydrogens is 278 g/mol. The van der Waals surface area contributed by atoms with Crippen LogP contribution in [-0.2, 0) is 16.7 Å². The second-order valence-electron chi connectivity index (χ2n) is 6.23. The van der Waals surface area contributed by atoms with Crippen LogP contribution in [-0.4, -0.2) is 43.4 Å². The van der Waals surface area contributed by atoms with Crippen molar-refractivity contribution < 1.29 is 14.6 Å². The van der Waals surface area contributed by atoms with Crippen LogP contribution in [0.25, 0.3) is 0 Å². The molecule has 116 valence electrons. The van der Waals surface area contributed by atoms with Crippen LogP contribution in [0.15, 0.2) is 35.9 Å². The second-order valence-corrected chi connectivity index (χ2v) is 6.23. The van der Waals surface area contributed by atoms with Gasteiger partial charge in [0.05, 0.1) is 18.8 Å². The number of phenolic OH excluding ortho intramolecular Hbond substituents is 1. The summed E-state index contributed by atoms with van der Waals surface area (Å²) in [4.78, 5) is 2.52. The van der Waals surface area contributed by atoms with Crippen LogP contribution in [0.3, 0.4) is 0 Å². The lowest BCUT2D eigenvalue weighted by Crippen LogP contribution is -2.51. The minimum Gasteiger partial charge on any atom is -0.504 e. The van der Waals surface area contributed by atoms with Crippen molar-refractivity contribution in [2.75, 3.05) is 27.3 Å². The number of aromatic hydroxyl groups is 1. The molecule has 0 radical (unpaired) electrons. The molecule has 2 heterocycles. The highest BCUT2D eigenvalue weighted by molar-refractivity contribution is 5.57. The van der Waals surface area contributed by atoms with E-state index in [-0.39, 0.29) is 17.4 Å². The first kappa shape index (κ1) is 13.9. The van der Waals surface area contributed by atoms with E-state index in [9.17, 15) is 5.11 Å². The van der Waals surface area contributed by atoms with Crippen molar-refractivity contribution in [3.63, 3.8) is 0 Å². The zero-order valence-electron chi connectivity index (χ0n) is 13.0. The highest BCUT2D eigenvalue weighted by atomic mass is 16.5. The van der Waals surface area contributed by atoms with E-state index in [1.807, 2.05) is 12.1 Å². The van der Waals surface area contributed by atoms with Crippen LogP contribution in [0.5, 0.6) is 11.5 Å². The molecule has 0 saturated heterocycles. The third kappa shape index (κ3) is 1.71. The van der Waals surface area contributed by atoms with Crippen molar-refractivity contribution in [2.24, 2.45) is 0 Å². The lowest BCUT2D eigenvalue weighted by Gasteiger charge is -2.48. The third-order valence-corrected chi connectivity index (χ3v) is 5.34. The van der Waals surface area contributed by atoms with E-state index in [1.165, 1.54) is 16.7 Å². The molecule has 1 aromatic rings. The van der Waals surface area contributed by atoms with Gasteiger partial charge in [-0.2, -0.15) is 0 Å². The number of methoxy groups -OCH3 is 2. The molecule has 4 nitrogen and oxygen atoms in total. The van der Waals surface area contributed by atoms with Gasteiger partial charge in [0, 0.05) is 26.6 Å². The Morgan fingerprint density at radius 2 is 2.18 bits per heavy atom. The summed E-state index contributed by atoms with van der Waals surface area (Å²) in [5, 5.41) is 10.1. The van der Waals surface area contributed by atoms with Crippen molar-refractivity contribution in [3.8, 4) is 11.5 Å². The average molecular weight is 299 g/mol. The molecular formula is C18H21NO3. The number of ether oxygens (including phenoxy) is 2. The van der Waals surface area contributed by atoms with Crippen LogP contribution in [0.1, 0.15) is 17.5 Å². The Morgan fingerprint density at radius 3 is 2.95 bits per heavy atom. The van der Waals surface area contributed by atoms with E-state index in [0.717, 1.165) is 25.9 Å². The van der Waals surface area contributed by atoms with Gasteiger partial charge < -0.3 is 14.6 Å². The first-order valence-electron chi connectivity index (χ1n) is 7.76. The maximum atomic E-state index is 10.1. The molecule has 0 amide bonds. The summed E-state index contributed by atoms with van der Waals surface area (Å²) in [5.41, 5.74) is 3.68. The van der Waals surface area contributed by atoms with E-state index in [0.29, 0.717) is 5.75 Å².